The predicted molar refractivity (Wildman–Crippen MR) is 63.6 cm³/mol. The highest BCUT2D eigenvalue weighted by atomic mass is 19.1. The average Bonchev–Trinajstić information content (AvgIpc) is 2.76. The molecule has 1 aliphatic rings. The van der Waals surface area contributed by atoms with Crippen LogP contribution in [-0.4, -0.2) is 18.5 Å². The normalized spacial score (nSPS) is 23.9. The molecule has 2 unspecified atom stereocenters. The molecule has 1 aliphatic heterocycles. The molecule has 1 heterocycles. The smallest absolute Gasteiger partial charge is 0.168 e. The Hall–Kier alpha value is -1.22. The van der Waals surface area contributed by atoms with Gasteiger partial charge in [-0.25, -0.2) is 4.39 Å². The number of ketones is 1. The van der Waals surface area contributed by atoms with Crippen LogP contribution in [0.3, 0.4) is 0 Å². The molecule has 1 fully saturated rings. The number of Topliss-reactive ketones (excluding diaryl/α,β-unsaturated/α-hetero) is 1. The summed E-state index contributed by atoms with van der Waals surface area (Å²) < 4.78 is 18.5. The van der Waals surface area contributed by atoms with Crippen molar-refractivity contribution >= 4 is 5.78 Å². The van der Waals surface area contributed by atoms with Crippen LogP contribution in [0.15, 0.2) is 18.2 Å². The van der Waals surface area contributed by atoms with Gasteiger partial charge in [-0.05, 0) is 43.5 Å². The Bertz CT molecular complexity index is 428. The van der Waals surface area contributed by atoms with Crippen molar-refractivity contribution in [3.63, 3.8) is 0 Å². The molecule has 0 spiro atoms. The van der Waals surface area contributed by atoms with Crippen LogP contribution in [0, 0.1) is 18.7 Å². The molecule has 1 saturated heterocycles. The van der Waals surface area contributed by atoms with Gasteiger partial charge in [0.25, 0.3) is 0 Å². The van der Waals surface area contributed by atoms with Gasteiger partial charge in [0.05, 0.1) is 12.0 Å². The zero-order valence-electron chi connectivity index (χ0n) is 10.2. The molecule has 0 radical (unpaired) electrons. The SMILES string of the molecule is CCC1OCCC1C(=O)c1ccc(F)cc1C. The standard InChI is InChI=1S/C14H17FO2/c1-3-13-12(6-7-17-13)14(16)11-5-4-10(15)8-9(11)2/h4-5,8,12-13H,3,6-7H2,1-2H3. The van der Waals surface area contributed by atoms with E-state index in [1.807, 2.05) is 6.92 Å². The van der Waals surface area contributed by atoms with Crippen LogP contribution in [0.2, 0.25) is 0 Å². The average molecular weight is 236 g/mol. The van der Waals surface area contributed by atoms with Crippen LogP contribution in [-0.2, 0) is 4.74 Å². The zero-order valence-corrected chi connectivity index (χ0v) is 10.2. The topological polar surface area (TPSA) is 26.3 Å². The Labute approximate surface area is 101 Å². The molecule has 2 atom stereocenters. The first-order valence-electron chi connectivity index (χ1n) is 6.05. The number of ether oxygens (including phenoxy) is 1. The van der Waals surface area contributed by atoms with Gasteiger partial charge >= 0.3 is 0 Å². The minimum absolute atomic E-state index is 0.0203. The number of halogens is 1. The highest BCUT2D eigenvalue weighted by Gasteiger charge is 2.33. The lowest BCUT2D eigenvalue weighted by Crippen LogP contribution is -2.24. The number of hydrogen-bond donors (Lipinski definition) is 0. The summed E-state index contributed by atoms with van der Waals surface area (Å²) in [5.41, 5.74) is 1.33. The van der Waals surface area contributed by atoms with Crippen LogP contribution in [0.4, 0.5) is 4.39 Å². The van der Waals surface area contributed by atoms with Crippen LogP contribution in [0.5, 0.6) is 0 Å². The molecule has 0 amide bonds. The maximum Gasteiger partial charge on any atom is 0.168 e. The van der Waals surface area contributed by atoms with E-state index in [0.29, 0.717) is 17.7 Å². The lowest BCUT2D eigenvalue weighted by atomic mass is 9.89. The summed E-state index contributed by atoms with van der Waals surface area (Å²) in [7, 11) is 0. The number of benzene rings is 1. The molecule has 2 rings (SSSR count). The minimum Gasteiger partial charge on any atom is -0.377 e. The summed E-state index contributed by atoms with van der Waals surface area (Å²) in [4.78, 5) is 12.3. The summed E-state index contributed by atoms with van der Waals surface area (Å²) in [6, 6.07) is 4.33. The van der Waals surface area contributed by atoms with Crippen molar-refractivity contribution < 1.29 is 13.9 Å². The van der Waals surface area contributed by atoms with Crippen molar-refractivity contribution in [1.82, 2.24) is 0 Å². The van der Waals surface area contributed by atoms with Crippen LogP contribution < -0.4 is 0 Å². The Kier molecular flexibility index (Phi) is 3.57. The number of rotatable bonds is 3. The van der Waals surface area contributed by atoms with Gasteiger partial charge < -0.3 is 4.74 Å². The zero-order chi connectivity index (χ0) is 12.4. The minimum atomic E-state index is -0.297. The molecule has 0 bridgehead atoms. The summed E-state index contributed by atoms with van der Waals surface area (Å²) in [5, 5.41) is 0. The first-order valence-corrected chi connectivity index (χ1v) is 6.05. The van der Waals surface area contributed by atoms with Gasteiger partial charge in [-0.3, -0.25) is 4.79 Å². The second kappa shape index (κ2) is 4.96. The van der Waals surface area contributed by atoms with Gasteiger partial charge in [0.15, 0.2) is 5.78 Å². The third kappa shape index (κ3) is 2.39. The molecule has 0 saturated carbocycles. The van der Waals surface area contributed by atoms with Crippen LogP contribution >= 0.6 is 0 Å². The Morgan fingerprint density at radius 2 is 2.29 bits per heavy atom. The van der Waals surface area contributed by atoms with Gasteiger partial charge in [0.1, 0.15) is 5.82 Å². The summed E-state index contributed by atoms with van der Waals surface area (Å²) >= 11 is 0. The van der Waals surface area contributed by atoms with E-state index < -0.39 is 0 Å². The van der Waals surface area contributed by atoms with E-state index in [1.54, 1.807) is 13.0 Å². The van der Waals surface area contributed by atoms with Crippen molar-refractivity contribution in [3.05, 3.63) is 35.1 Å². The number of carbonyl (C=O) groups is 1. The Morgan fingerprint density at radius 3 is 2.94 bits per heavy atom. The van der Waals surface area contributed by atoms with Crippen molar-refractivity contribution in [2.45, 2.75) is 32.8 Å². The Balaban J connectivity index is 2.24. The van der Waals surface area contributed by atoms with E-state index >= 15 is 0 Å². The summed E-state index contributed by atoms with van der Waals surface area (Å²) in [6.45, 7) is 4.44. The van der Waals surface area contributed by atoms with Crippen molar-refractivity contribution in [2.24, 2.45) is 5.92 Å². The van der Waals surface area contributed by atoms with Gasteiger partial charge in [0.2, 0.25) is 0 Å². The van der Waals surface area contributed by atoms with Gasteiger partial charge in [-0.2, -0.15) is 0 Å². The second-order valence-corrected chi connectivity index (χ2v) is 4.54. The molecule has 0 aliphatic carbocycles. The second-order valence-electron chi connectivity index (χ2n) is 4.54. The van der Waals surface area contributed by atoms with E-state index in [9.17, 15) is 9.18 Å². The summed E-state index contributed by atoms with van der Waals surface area (Å²) in [5.74, 6) is -0.273. The number of hydrogen-bond acceptors (Lipinski definition) is 2. The number of aryl methyl sites for hydroxylation is 1. The maximum atomic E-state index is 13.0. The lowest BCUT2D eigenvalue weighted by Gasteiger charge is -2.16. The number of carbonyl (C=O) groups excluding carboxylic acids is 1. The molecule has 92 valence electrons. The molecular weight excluding hydrogens is 219 g/mol. The highest BCUT2D eigenvalue weighted by Crippen LogP contribution is 2.28. The monoisotopic (exact) mass is 236 g/mol. The van der Waals surface area contributed by atoms with E-state index in [4.69, 9.17) is 4.74 Å². The molecule has 0 N–H and O–H groups in total. The van der Waals surface area contributed by atoms with Gasteiger partial charge in [-0.1, -0.05) is 6.92 Å². The molecule has 1 aromatic rings. The molecule has 17 heavy (non-hydrogen) atoms. The molecule has 1 aromatic carbocycles. The van der Waals surface area contributed by atoms with Crippen LogP contribution in [0.1, 0.15) is 35.7 Å². The Morgan fingerprint density at radius 1 is 1.53 bits per heavy atom. The van der Waals surface area contributed by atoms with E-state index in [1.165, 1.54) is 12.1 Å². The molecule has 3 heteroatoms. The van der Waals surface area contributed by atoms with E-state index in [0.717, 1.165) is 12.8 Å². The van der Waals surface area contributed by atoms with Gasteiger partial charge in [-0.15, -0.1) is 0 Å². The quantitative estimate of drug-likeness (QED) is 0.754. The van der Waals surface area contributed by atoms with Gasteiger partial charge in [0, 0.05) is 12.2 Å². The summed E-state index contributed by atoms with van der Waals surface area (Å²) in [6.07, 6.45) is 1.64. The first kappa shape index (κ1) is 12.2. The lowest BCUT2D eigenvalue weighted by molar-refractivity contribution is 0.0688. The third-order valence-electron chi connectivity index (χ3n) is 3.40. The fourth-order valence-electron chi connectivity index (χ4n) is 2.45. The molecule has 2 nitrogen and oxygen atoms in total. The fourth-order valence-corrected chi connectivity index (χ4v) is 2.45. The van der Waals surface area contributed by atoms with Crippen molar-refractivity contribution in [1.29, 1.82) is 0 Å². The largest absolute Gasteiger partial charge is 0.377 e. The van der Waals surface area contributed by atoms with Crippen molar-refractivity contribution in [2.75, 3.05) is 6.61 Å². The van der Waals surface area contributed by atoms with E-state index in [2.05, 4.69) is 0 Å². The van der Waals surface area contributed by atoms with Crippen molar-refractivity contribution in [3.8, 4) is 0 Å². The van der Waals surface area contributed by atoms with Crippen LogP contribution in [0.25, 0.3) is 0 Å². The molecule has 0 aromatic heterocycles. The maximum absolute atomic E-state index is 13.0. The third-order valence-corrected chi connectivity index (χ3v) is 3.40. The highest BCUT2D eigenvalue weighted by molar-refractivity contribution is 5.99. The fraction of sp³-hybridized carbons (Fsp3) is 0.500. The van der Waals surface area contributed by atoms with E-state index in [-0.39, 0.29) is 23.6 Å². The molecular formula is C14H17FO2. The predicted octanol–water partition coefficient (Wildman–Crippen LogP) is 3.13. The first-order chi connectivity index (χ1) is 8.13.